The van der Waals surface area contributed by atoms with E-state index in [1.807, 2.05) is 11.4 Å². The van der Waals surface area contributed by atoms with Crippen LogP contribution in [0, 0.1) is 0 Å². The molecule has 0 radical (unpaired) electrons. The first-order valence-electron chi connectivity index (χ1n) is 4.89. The summed E-state index contributed by atoms with van der Waals surface area (Å²) in [6.45, 7) is 0.480. The lowest BCUT2D eigenvalue weighted by Gasteiger charge is -2.04. The average Bonchev–Trinajstić information content (AvgIpc) is 2.72. The molecule has 0 fully saturated rings. The van der Waals surface area contributed by atoms with Gasteiger partial charge in [-0.25, -0.2) is 4.98 Å². The van der Waals surface area contributed by atoms with Crippen LogP contribution < -0.4 is 11.1 Å². The number of nitrogens with one attached hydrogen (secondary N) is 1. The number of amides is 1. The maximum atomic E-state index is 11.8. The number of thiophene rings is 1. The van der Waals surface area contributed by atoms with Crippen LogP contribution in [0.25, 0.3) is 0 Å². The molecule has 0 spiro atoms. The molecule has 0 atom stereocenters. The molecule has 6 heteroatoms. The molecule has 0 aromatic carbocycles. The van der Waals surface area contributed by atoms with E-state index in [4.69, 9.17) is 5.73 Å². The highest BCUT2D eigenvalue weighted by Gasteiger charge is 2.08. The molecule has 3 N–H and O–H groups in total. The van der Waals surface area contributed by atoms with E-state index in [-0.39, 0.29) is 5.91 Å². The van der Waals surface area contributed by atoms with E-state index in [1.54, 1.807) is 29.5 Å². The van der Waals surface area contributed by atoms with Crippen molar-refractivity contribution in [1.29, 1.82) is 0 Å². The van der Waals surface area contributed by atoms with Gasteiger partial charge in [0.1, 0.15) is 11.5 Å². The number of nitrogens with zero attached hydrogens (tertiary/aromatic N) is 1. The fourth-order valence-electron chi connectivity index (χ4n) is 1.28. The van der Waals surface area contributed by atoms with E-state index >= 15 is 0 Å². The Labute approximate surface area is 111 Å². The summed E-state index contributed by atoms with van der Waals surface area (Å²) in [5.74, 6) is 0.118. The van der Waals surface area contributed by atoms with Crippen LogP contribution in [0.2, 0.25) is 0 Å². The predicted octanol–water partition coefficient (Wildman–Crippen LogP) is 2.42. The monoisotopic (exact) mass is 311 g/mol. The molecule has 2 heterocycles. The van der Waals surface area contributed by atoms with Crippen LogP contribution in [0.3, 0.4) is 0 Å². The molecular formula is C11H10BrN3OS. The van der Waals surface area contributed by atoms with Gasteiger partial charge in [-0.3, -0.25) is 4.79 Å². The third-order valence-corrected chi connectivity index (χ3v) is 4.03. The van der Waals surface area contributed by atoms with Gasteiger partial charge in [-0.1, -0.05) is 6.07 Å². The molecule has 0 unspecified atom stereocenters. The molecule has 0 aliphatic heterocycles. The maximum Gasteiger partial charge on any atom is 0.270 e. The van der Waals surface area contributed by atoms with Crippen molar-refractivity contribution in [2.75, 3.05) is 5.73 Å². The summed E-state index contributed by atoms with van der Waals surface area (Å²) in [7, 11) is 0. The van der Waals surface area contributed by atoms with Crippen LogP contribution in [-0.4, -0.2) is 10.9 Å². The van der Waals surface area contributed by atoms with Gasteiger partial charge in [-0.05, 0) is 39.5 Å². The predicted molar refractivity (Wildman–Crippen MR) is 71.8 cm³/mol. The summed E-state index contributed by atoms with van der Waals surface area (Å²) in [6, 6.07) is 6.94. The van der Waals surface area contributed by atoms with Crippen molar-refractivity contribution < 1.29 is 4.79 Å². The van der Waals surface area contributed by atoms with E-state index in [0.717, 1.165) is 9.35 Å². The number of carbonyl (C=O) groups is 1. The molecule has 2 aromatic rings. The van der Waals surface area contributed by atoms with Gasteiger partial charge in [0, 0.05) is 9.35 Å². The number of pyridine rings is 1. The van der Waals surface area contributed by atoms with Crippen LogP contribution in [0.1, 0.15) is 15.4 Å². The summed E-state index contributed by atoms with van der Waals surface area (Å²) in [4.78, 5) is 16.8. The molecule has 0 saturated heterocycles. The number of aromatic nitrogens is 1. The van der Waals surface area contributed by atoms with E-state index in [1.165, 1.54) is 0 Å². The number of carbonyl (C=O) groups excluding carboxylic acids is 1. The van der Waals surface area contributed by atoms with Gasteiger partial charge in [-0.15, -0.1) is 11.3 Å². The van der Waals surface area contributed by atoms with Crippen molar-refractivity contribution in [2.24, 2.45) is 0 Å². The summed E-state index contributed by atoms with van der Waals surface area (Å²) in [5, 5.41) is 4.76. The molecular weight excluding hydrogens is 302 g/mol. The van der Waals surface area contributed by atoms with E-state index in [9.17, 15) is 4.79 Å². The first-order chi connectivity index (χ1) is 8.16. The van der Waals surface area contributed by atoms with E-state index in [2.05, 4.69) is 26.2 Å². The van der Waals surface area contributed by atoms with Crippen molar-refractivity contribution in [3.63, 3.8) is 0 Å². The third-order valence-electron chi connectivity index (χ3n) is 2.10. The van der Waals surface area contributed by atoms with Crippen LogP contribution in [-0.2, 0) is 6.54 Å². The highest BCUT2D eigenvalue weighted by atomic mass is 79.9. The topological polar surface area (TPSA) is 68.0 Å². The minimum absolute atomic E-state index is 0.224. The second kappa shape index (κ2) is 5.29. The van der Waals surface area contributed by atoms with Crippen molar-refractivity contribution in [1.82, 2.24) is 10.3 Å². The lowest BCUT2D eigenvalue weighted by atomic mass is 10.3. The van der Waals surface area contributed by atoms with Crippen LogP contribution in [0.15, 0.2) is 34.1 Å². The SMILES string of the molecule is Nc1cccc(C(=O)NCc2sccc2Br)n1. The van der Waals surface area contributed by atoms with Gasteiger partial charge in [0.25, 0.3) is 5.91 Å². The third kappa shape index (κ3) is 3.04. The lowest BCUT2D eigenvalue weighted by Crippen LogP contribution is -2.23. The van der Waals surface area contributed by atoms with Gasteiger partial charge < -0.3 is 11.1 Å². The van der Waals surface area contributed by atoms with Gasteiger partial charge >= 0.3 is 0 Å². The Morgan fingerprint density at radius 3 is 2.94 bits per heavy atom. The number of hydrogen-bond donors (Lipinski definition) is 2. The van der Waals surface area contributed by atoms with Crippen molar-refractivity contribution >= 4 is 39.0 Å². The first-order valence-corrected chi connectivity index (χ1v) is 6.56. The lowest BCUT2D eigenvalue weighted by molar-refractivity contribution is 0.0946. The Balaban J connectivity index is 2.01. The van der Waals surface area contributed by atoms with Gasteiger partial charge in [0.05, 0.1) is 6.54 Å². The Morgan fingerprint density at radius 1 is 1.47 bits per heavy atom. The molecule has 17 heavy (non-hydrogen) atoms. The minimum Gasteiger partial charge on any atom is -0.384 e. The quantitative estimate of drug-likeness (QED) is 0.914. The second-order valence-electron chi connectivity index (χ2n) is 3.32. The zero-order chi connectivity index (χ0) is 12.3. The highest BCUT2D eigenvalue weighted by molar-refractivity contribution is 9.10. The Hall–Kier alpha value is -1.40. The number of hydrogen-bond acceptors (Lipinski definition) is 4. The average molecular weight is 312 g/mol. The molecule has 0 bridgehead atoms. The Kier molecular flexibility index (Phi) is 3.75. The molecule has 0 aliphatic carbocycles. The van der Waals surface area contributed by atoms with E-state index in [0.29, 0.717) is 18.1 Å². The summed E-state index contributed by atoms with van der Waals surface area (Å²) < 4.78 is 1.00. The normalized spacial score (nSPS) is 10.2. The number of anilines is 1. The minimum atomic E-state index is -0.224. The maximum absolute atomic E-state index is 11.8. The van der Waals surface area contributed by atoms with Crippen molar-refractivity contribution in [3.05, 3.63) is 44.7 Å². The fourth-order valence-corrected chi connectivity index (χ4v) is 2.71. The largest absolute Gasteiger partial charge is 0.384 e. The van der Waals surface area contributed by atoms with Gasteiger partial charge in [0.15, 0.2) is 0 Å². The zero-order valence-electron chi connectivity index (χ0n) is 8.81. The van der Waals surface area contributed by atoms with E-state index < -0.39 is 0 Å². The molecule has 88 valence electrons. The smallest absolute Gasteiger partial charge is 0.270 e. The van der Waals surface area contributed by atoms with Crippen molar-refractivity contribution in [2.45, 2.75) is 6.54 Å². The molecule has 4 nitrogen and oxygen atoms in total. The van der Waals surface area contributed by atoms with Gasteiger partial charge in [-0.2, -0.15) is 0 Å². The molecule has 2 rings (SSSR count). The molecule has 0 aliphatic rings. The number of halogens is 1. The summed E-state index contributed by atoms with van der Waals surface area (Å²) >= 11 is 4.99. The first kappa shape index (κ1) is 12.1. The second-order valence-corrected chi connectivity index (χ2v) is 5.18. The summed E-state index contributed by atoms with van der Waals surface area (Å²) in [6.07, 6.45) is 0. The number of rotatable bonds is 3. The highest BCUT2D eigenvalue weighted by Crippen LogP contribution is 2.22. The number of nitrogens with two attached hydrogens (primary N) is 1. The Morgan fingerprint density at radius 2 is 2.29 bits per heavy atom. The van der Waals surface area contributed by atoms with Crippen molar-refractivity contribution in [3.8, 4) is 0 Å². The molecule has 0 saturated carbocycles. The zero-order valence-corrected chi connectivity index (χ0v) is 11.2. The standard InChI is InChI=1S/C11H10BrN3OS/c12-7-4-5-17-9(7)6-14-11(16)8-2-1-3-10(13)15-8/h1-5H,6H2,(H2,13,15)(H,14,16). The van der Waals surface area contributed by atoms with Crippen LogP contribution in [0.5, 0.6) is 0 Å². The molecule has 2 aromatic heterocycles. The summed E-state index contributed by atoms with van der Waals surface area (Å²) in [5.41, 5.74) is 5.85. The fraction of sp³-hybridized carbons (Fsp3) is 0.0909. The van der Waals surface area contributed by atoms with Crippen LogP contribution >= 0.6 is 27.3 Å². The van der Waals surface area contributed by atoms with Crippen LogP contribution in [0.4, 0.5) is 5.82 Å². The van der Waals surface area contributed by atoms with Gasteiger partial charge in [0.2, 0.25) is 0 Å². The number of nitrogen functional groups attached to an aromatic ring is 1. The Bertz CT molecular complexity index is 541. The molecule has 1 amide bonds.